The second kappa shape index (κ2) is 4.95. The monoisotopic (exact) mass is 285 g/mol. The van der Waals surface area contributed by atoms with Gasteiger partial charge in [-0.05, 0) is 43.5 Å². The summed E-state index contributed by atoms with van der Waals surface area (Å²) in [7, 11) is 0. The molecule has 1 aliphatic rings. The normalized spacial score (nSPS) is 15.7. The zero-order valence-corrected chi connectivity index (χ0v) is 12.1. The summed E-state index contributed by atoms with van der Waals surface area (Å²) in [6.07, 6.45) is 2.19. The fourth-order valence-corrected chi connectivity index (χ4v) is 2.74. The lowest BCUT2D eigenvalue weighted by Gasteiger charge is -2.20. The van der Waals surface area contributed by atoms with Crippen LogP contribution in [0.4, 0.5) is 5.69 Å². The predicted molar refractivity (Wildman–Crippen MR) is 82.4 cm³/mol. The summed E-state index contributed by atoms with van der Waals surface area (Å²) in [4.78, 5) is 11.5. The van der Waals surface area contributed by atoms with Gasteiger partial charge in [0.05, 0.1) is 5.54 Å². The van der Waals surface area contributed by atoms with E-state index in [0.717, 1.165) is 18.5 Å². The van der Waals surface area contributed by atoms with Gasteiger partial charge in [-0.1, -0.05) is 41.9 Å². The average molecular weight is 286 g/mol. The van der Waals surface area contributed by atoms with Gasteiger partial charge in [-0.15, -0.1) is 0 Å². The zero-order valence-electron chi connectivity index (χ0n) is 11.3. The smallest absolute Gasteiger partial charge is 0.159 e. The second-order valence-electron chi connectivity index (χ2n) is 5.36. The van der Waals surface area contributed by atoms with E-state index < -0.39 is 0 Å². The van der Waals surface area contributed by atoms with E-state index >= 15 is 0 Å². The van der Waals surface area contributed by atoms with Gasteiger partial charge in [0.2, 0.25) is 0 Å². The number of ketones is 1. The minimum Gasteiger partial charge on any atom is -0.375 e. The molecule has 2 aromatic rings. The molecule has 0 heterocycles. The Balaban J connectivity index is 1.90. The van der Waals surface area contributed by atoms with Gasteiger partial charge in [0.15, 0.2) is 5.78 Å². The highest BCUT2D eigenvalue weighted by Crippen LogP contribution is 2.48. The molecule has 2 aromatic carbocycles. The number of hydrogen-bond acceptors (Lipinski definition) is 2. The lowest BCUT2D eigenvalue weighted by molar-refractivity contribution is 0.101. The summed E-state index contributed by atoms with van der Waals surface area (Å²) < 4.78 is 0. The van der Waals surface area contributed by atoms with Gasteiger partial charge in [-0.3, -0.25) is 4.79 Å². The first-order chi connectivity index (χ1) is 9.59. The van der Waals surface area contributed by atoms with Crippen LogP contribution in [0.25, 0.3) is 0 Å². The lowest BCUT2D eigenvalue weighted by Crippen LogP contribution is -2.18. The first-order valence-electron chi connectivity index (χ1n) is 6.74. The van der Waals surface area contributed by atoms with Crippen LogP contribution >= 0.6 is 11.6 Å². The molecule has 0 unspecified atom stereocenters. The van der Waals surface area contributed by atoms with Crippen molar-refractivity contribution < 1.29 is 4.79 Å². The van der Waals surface area contributed by atoms with E-state index in [2.05, 4.69) is 29.6 Å². The predicted octanol–water partition coefficient (Wildman–Crippen LogP) is 4.64. The van der Waals surface area contributed by atoms with Gasteiger partial charge in [-0.25, -0.2) is 0 Å². The number of halogens is 1. The van der Waals surface area contributed by atoms with Crippen molar-refractivity contribution in [1.29, 1.82) is 0 Å². The van der Waals surface area contributed by atoms with Crippen LogP contribution in [0.15, 0.2) is 48.5 Å². The molecule has 1 fully saturated rings. The van der Waals surface area contributed by atoms with Gasteiger partial charge >= 0.3 is 0 Å². The van der Waals surface area contributed by atoms with Crippen molar-refractivity contribution in [2.24, 2.45) is 0 Å². The summed E-state index contributed by atoms with van der Waals surface area (Å²) in [5.74, 6) is 0.0279. The summed E-state index contributed by atoms with van der Waals surface area (Å²) in [6, 6.07) is 15.8. The molecule has 0 saturated heterocycles. The first kappa shape index (κ1) is 13.2. The summed E-state index contributed by atoms with van der Waals surface area (Å²) >= 11 is 6.10. The van der Waals surface area contributed by atoms with Crippen molar-refractivity contribution in [2.45, 2.75) is 25.3 Å². The molecular formula is C17H16ClNO. The summed E-state index contributed by atoms with van der Waals surface area (Å²) in [5, 5.41) is 4.13. The van der Waals surface area contributed by atoms with Crippen LogP contribution in [-0.4, -0.2) is 5.78 Å². The third kappa shape index (κ3) is 2.56. The van der Waals surface area contributed by atoms with Crippen LogP contribution in [0, 0.1) is 0 Å². The molecule has 1 aliphatic carbocycles. The molecule has 0 spiro atoms. The number of hydrogen-bond donors (Lipinski definition) is 1. The van der Waals surface area contributed by atoms with Crippen molar-refractivity contribution in [3.05, 3.63) is 64.7 Å². The molecule has 1 saturated carbocycles. The SMILES string of the molecule is CC(=O)c1cc(Cl)cc(NC2(c3ccccc3)CC2)c1. The van der Waals surface area contributed by atoms with E-state index in [1.54, 1.807) is 13.0 Å². The minimum atomic E-state index is 0.00000126. The largest absolute Gasteiger partial charge is 0.375 e. The number of carbonyl (C=O) groups is 1. The third-order valence-electron chi connectivity index (χ3n) is 3.76. The summed E-state index contributed by atoms with van der Waals surface area (Å²) in [5.41, 5.74) is 2.83. The van der Waals surface area contributed by atoms with Crippen LogP contribution in [0.5, 0.6) is 0 Å². The fraction of sp³-hybridized carbons (Fsp3) is 0.235. The highest BCUT2D eigenvalue weighted by Gasteiger charge is 2.44. The third-order valence-corrected chi connectivity index (χ3v) is 3.98. The maximum Gasteiger partial charge on any atom is 0.159 e. The van der Waals surface area contributed by atoms with Crippen LogP contribution < -0.4 is 5.32 Å². The Labute approximate surface area is 123 Å². The fourth-order valence-electron chi connectivity index (χ4n) is 2.51. The van der Waals surface area contributed by atoms with Crippen LogP contribution in [-0.2, 0) is 5.54 Å². The van der Waals surface area contributed by atoms with Gasteiger partial charge in [0, 0.05) is 16.3 Å². The number of Topliss-reactive ketones (excluding diaryl/α,β-unsaturated/α-hetero) is 1. The Morgan fingerprint density at radius 1 is 1.15 bits per heavy atom. The van der Waals surface area contributed by atoms with E-state index in [1.165, 1.54) is 5.56 Å². The molecule has 0 amide bonds. The molecule has 0 aromatic heterocycles. The van der Waals surface area contributed by atoms with Crippen molar-refractivity contribution in [1.82, 2.24) is 0 Å². The Hall–Kier alpha value is -1.80. The van der Waals surface area contributed by atoms with Crippen molar-refractivity contribution >= 4 is 23.1 Å². The molecular weight excluding hydrogens is 270 g/mol. The second-order valence-corrected chi connectivity index (χ2v) is 5.79. The molecule has 0 bridgehead atoms. The number of anilines is 1. The van der Waals surface area contributed by atoms with E-state index in [-0.39, 0.29) is 11.3 Å². The van der Waals surface area contributed by atoms with Crippen molar-refractivity contribution in [3.8, 4) is 0 Å². The molecule has 20 heavy (non-hydrogen) atoms. The molecule has 0 atom stereocenters. The minimum absolute atomic E-state index is 0.00000126. The highest BCUT2D eigenvalue weighted by atomic mass is 35.5. The number of benzene rings is 2. The van der Waals surface area contributed by atoms with Gasteiger partial charge in [0.25, 0.3) is 0 Å². The number of carbonyl (C=O) groups excluding carboxylic acids is 1. The van der Waals surface area contributed by atoms with Crippen molar-refractivity contribution in [3.63, 3.8) is 0 Å². The molecule has 0 radical (unpaired) electrons. The number of rotatable bonds is 4. The van der Waals surface area contributed by atoms with Gasteiger partial charge in [-0.2, -0.15) is 0 Å². The van der Waals surface area contributed by atoms with E-state index in [9.17, 15) is 4.79 Å². The van der Waals surface area contributed by atoms with Crippen molar-refractivity contribution in [2.75, 3.05) is 5.32 Å². The molecule has 2 nitrogen and oxygen atoms in total. The Bertz CT molecular complexity index is 647. The quantitative estimate of drug-likeness (QED) is 0.829. The van der Waals surface area contributed by atoms with Crippen LogP contribution in [0.1, 0.15) is 35.7 Å². The van der Waals surface area contributed by atoms with E-state index in [1.807, 2.05) is 18.2 Å². The maximum atomic E-state index is 11.5. The molecule has 1 N–H and O–H groups in total. The van der Waals surface area contributed by atoms with Gasteiger partial charge < -0.3 is 5.32 Å². The molecule has 102 valence electrons. The average Bonchev–Trinajstić information content (AvgIpc) is 3.20. The Morgan fingerprint density at radius 2 is 1.85 bits per heavy atom. The number of nitrogens with one attached hydrogen (secondary N) is 1. The standard InChI is InChI=1S/C17H16ClNO/c1-12(20)13-9-15(18)11-16(10-13)19-17(7-8-17)14-5-3-2-4-6-14/h2-6,9-11,19H,7-8H2,1H3. The topological polar surface area (TPSA) is 29.1 Å². The Morgan fingerprint density at radius 3 is 2.45 bits per heavy atom. The summed E-state index contributed by atoms with van der Waals surface area (Å²) in [6.45, 7) is 1.56. The van der Waals surface area contributed by atoms with E-state index in [0.29, 0.717) is 10.6 Å². The molecule has 0 aliphatic heterocycles. The van der Waals surface area contributed by atoms with Gasteiger partial charge in [0.1, 0.15) is 0 Å². The Kier molecular flexibility index (Phi) is 3.27. The first-order valence-corrected chi connectivity index (χ1v) is 7.12. The van der Waals surface area contributed by atoms with Crippen LogP contribution in [0.3, 0.4) is 0 Å². The zero-order chi connectivity index (χ0) is 14.2. The van der Waals surface area contributed by atoms with Crippen LogP contribution in [0.2, 0.25) is 5.02 Å². The lowest BCUT2D eigenvalue weighted by atomic mass is 10.0. The molecule has 3 heteroatoms. The molecule has 3 rings (SSSR count). The highest BCUT2D eigenvalue weighted by molar-refractivity contribution is 6.31. The maximum absolute atomic E-state index is 11.5. The van der Waals surface area contributed by atoms with E-state index in [4.69, 9.17) is 11.6 Å².